The molecule has 0 spiro atoms. The molecule has 1 rings (SSSR count). The number of ether oxygens (including phenoxy) is 1. The lowest BCUT2D eigenvalue weighted by Crippen LogP contribution is -2.21. The van der Waals surface area contributed by atoms with E-state index in [0.717, 1.165) is 0 Å². The van der Waals surface area contributed by atoms with Gasteiger partial charge in [0.2, 0.25) is 10.0 Å². The summed E-state index contributed by atoms with van der Waals surface area (Å²) in [5.41, 5.74) is 0.265. The third-order valence-electron chi connectivity index (χ3n) is 2.02. The number of anilines is 1. The van der Waals surface area contributed by atoms with Gasteiger partial charge in [-0.2, -0.15) is 0 Å². The van der Waals surface area contributed by atoms with Gasteiger partial charge in [-0.1, -0.05) is 11.6 Å². The van der Waals surface area contributed by atoms with Gasteiger partial charge in [0.1, 0.15) is 5.75 Å². The van der Waals surface area contributed by atoms with Crippen molar-refractivity contribution < 1.29 is 18.3 Å². The molecule has 0 unspecified atom stereocenters. The van der Waals surface area contributed by atoms with E-state index in [0.29, 0.717) is 0 Å². The number of phenols is 1. The average Bonchev–Trinajstić information content (AvgIpc) is 2.22. The van der Waals surface area contributed by atoms with Crippen molar-refractivity contribution >= 4 is 27.3 Å². The van der Waals surface area contributed by atoms with E-state index in [1.165, 1.54) is 18.2 Å². The molecule has 0 atom stereocenters. The smallest absolute Gasteiger partial charge is 0.235 e. The van der Waals surface area contributed by atoms with Gasteiger partial charge < -0.3 is 9.84 Å². The molecule has 7 heteroatoms. The molecule has 18 heavy (non-hydrogen) atoms. The first-order valence-corrected chi connectivity index (χ1v) is 7.44. The van der Waals surface area contributed by atoms with Gasteiger partial charge in [0.15, 0.2) is 0 Å². The lowest BCUT2D eigenvalue weighted by Gasteiger charge is -2.10. The highest BCUT2D eigenvalue weighted by molar-refractivity contribution is 7.92. The van der Waals surface area contributed by atoms with Gasteiger partial charge >= 0.3 is 0 Å². The number of rotatable bonds is 6. The van der Waals surface area contributed by atoms with Crippen LogP contribution in [0.5, 0.6) is 5.75 Å². The molecule has 2 N–H and O–H groups in total. The van der Waals surface area contributed by atoms with Crippen LogP contribution >= 0.6 is 11.6 Å². The van der Waals surface area contributed by atoms with Crippen LogP contribution < -0.4 is 4.72 Å². The Hall–Kier alpha value is -0.980. The van der Waals surface area contributed by atoms with Gasteiger partial charge in [0.05, 0.1) is 29.2 Å². The van der Waals surface area contributed by atoms with Crippen molar-refractivity contribution in [2.24, 2.45) is 0 Å². The molecule has 0 bridgehead atoms. The van der Waals surface area contributed by atoms with Gasteiger partial charge in [-0.25, -0.2) is 8.42 Å². The first-order valence-electron chi connectivity index (χ1n) is 5.41. The third-order valence-corrected chi connectivity index (χ3v) is 3.59. The normalized spacial score (nSPS) is 11.8. The highest BCUT2D eigenvalue weighted by Crippen LogP contribution is 2.26. The minimum atomic E-state index is -3.49. The van der Waals surface area contributed by atoms with Crippen molar-refractivity contribution in [1.82, 2.24) is 0 Å². The molecular weight excluding hydrogens is 278 g/mol. The minimum absolute atomic E-state index is 0.0141. The predicted molar refractivity (Wildman–Crippen MR) is 71.6 cm³/mol. The van der Waals surface area contributed by atoms with Gasteiger partial charge in [-0.15, -0.1) is 0 Å². The molecule has 0 saturated heterocycles. The summed E-state index contributed by atoms with van der Waals surface area (Å²) in [6.07, 6.45) is -0.0141. The molecule has 0 amide bonds. The molecule has 0 fully saturated rings. The second kappa shape index (κ2) is 6.26. The van der Waals surface area contributed by atoms with Crippen molar-refractivity contribution in [1.29, 1.82) is 0 Å². The molecular formula is C11H16ClNO4S. The summed E-state index contributed by atoms with van der Waals surface area (Å²) in [4.78, 5) is 0. The van der Waals surface area contributed by atoms with Gasteiger partial charge in [-0.3, -0.25) is 4.72 Å². The molecule has 1 aromatic rings. The number of nitrogens with one attached hydrogen (secondary N) is 1. The summed E-state index contributed by atoms with van der Waals surface area (Å²) >= 11 is 5.62. The van der Waals surface area contributed by atoms with E-state index in [1.54, 1.807) is 0 Å². The van der Waals surface area contributed by atoms with E-state index >= 15 is 0 Å². The standard InChI is InChI=1S/C11H16ClNO4S/c1-8(2)17-5-6-18(15,16)13-9-3-4-10(12)11(14)7-9/h3-4,7-8,13-14H,5-6H2,1-2H3. The lowest BCUT2D eigenvalue weighted by molar-refractivity contribution is 0.0913. The fraction of sp³-hybridized carbons (Fsp3) is 0.455. The average molecular weight is 294 g/mol. The maximum absolute atomic E-state index is 11.7. The molecule has 0 saturated carbocycles. The number of benzene rings is 1. The maximum Gasteiger partial charge on any atom is 0.235 e. The van der Waals surface area contributed by atoms with Crippen LogP contribution in [0.25, 0.3) is 0 Å². The van der Waals surface area contributed by atoms with Gasteiger partial charge in [0.25, 0.3) is 0 Å². The molecule has 0 aliphatic heterocycles. The second-order valence-corrected chi connectivity index (χ2v) is 6.26. The first kappa shape index (κ1) is 15.1. The Bertz CT molecular complexity index is 502. The zero-order valence-corrected chi connectivity index (χ0v) is 11.8. The molecule has 1 aromatic carbocycles. The Morgan fingerprint density at radius 3 is 2.67 bits per heavy atom. The number of hydrogen-bond acceptors (Lipinski definition) is 4. The monoisotopic (exact) mass is 293 g/mol. The second-order valence-electron chi connectivity index (χ2n) is 4.01. The van der Waals surface area contributed by atoms with Gasteiger partial charge in [-0.05, 0) is 26.0 Å². The molecule has 0 aliphatic rings. The zero-order chi connectivity index (χ0) is 13.8. The number of aromatic hydroxyl groups is 1. The van der Waals surface area contributed by atoms with E-state index < -0.39 is 10.0 Å². The van der Waals surface area contributed by atoms with Crippen LogP contribution in [0.15, 0.2) is 18.2 Å². The fourth-order valence-electron chi connectivity index (χ4n) is 1.20. The van der Waals surface area contributed by atoms with E-state index in [9.17, 15) is 13.5 Å². The zero-order valence-electron chi connectivity index (χ0n) is 10.2. The van der Waals surface area contributed by atoms with E-state index in [2.05, 4.69) is 4.72 Å². The summed E-state index contributed by atoms with van der Waals surface area (Å²) in [6, 6.07) is 4.14. The van der Waals surface area contributed by atoms with Crippen LogP contribution in [0.2, 0.25) is 5.02 Å². The molecule has 0 heterocycles. The molecule has 5 nitrogen and oxygen atoms in total. The topological polar surface area (TPSA) is 75.6 Å². The van der Waals surface area contributed by atoms with Crippen LogP contribution in [-0.2, 0) is 14.8 Å². The van der Waals surface area contributed by atoms with E-state index in [1.807, 2.05) is 13.8 Å². The number of hydrogen-bond donors (Lipinski definition) is 2. The van der Waals surface area contributed by atoms with Crippen molar-refractivity contribution in [3.63, 3.8) is 0 Å². The Balaban J connectivity index is 2.62. The molecule has 102 valence electrons. The summed E-state index contributed by atoms with van der Waals surface area (Å²) < 4.78 is 30.8. The Morgan fingerprint density at radius 1 is 1.44 bits per heavy atom. The highest BCUT2D eigenvalue weighted by atomic mass is 35.5. The van der Waals surface area contributed by atoms with Gasteiger partial charge in [0, 0.05) is 6.07 Å². The van der Waals surface area contributed by atoms with Crippen LogP contribution in [0.3, 0.4) is 0 Å². The van der Waals surface area contributed by atoms with Crippen LogP contribution in [0.4, 0.5) is 5.69 Å². The van der Waals surface area contributed by atoms with Crippen molar-refractivity contribution in [2.45, 2.75) is 20.0 Å². The quantitative estimate of drug-likeness (QED) is 0.843. The highest BCUT2D eigenvalue weighted by Gasteiger charge is 2.11. The summed E-state index contributed by atoms with van der Waals surface area (Å²) in [6.45, 7) is 3.78. The number of sulfonamides is 1. The largest absolute Gasteiger partial charge is 0.506 e. The van der Waals surface area contributed by atoms with Crippen LogP contribution in [0.1, 0.15) is 13.8 Å². The Labute approximate surface area is 112 Å². The minimum Gasteiger partial charge on any atom is -0.506 e. The SMILES string of the molecule is CC(C)OCCS(=O)(=O)Nc1ccc(Cl)c(O)c1. The molecule has 0 radical (unpaired) electrons. The predicted octanol–water partition coefficient (Wildman–Crippen LogP) is 2.21. The summed E-state index contributed by atoms with van der Waals surface area (Å²) in [5.74, 6) is -0.315. The van der Waals surface area contributed by atoms with Crippen LogP contribution in [0, 0.1) is 0 Å². The van der Waals surface area contributed by atoms with E-state index in [4.69, 9.17) is 16.3 Å². The van der Waals surface area contributed by atoms with Crippen molar-refractivity contribution in [3.8, 4) is 5.75 Å². The maximum atomic E-state index is 11.7. The molecule has 0 aliphatic carbocycles. The third kappa shape index (κ3) is 5.12. The van der Waals surface area contributed by atoms with Crippen LogP contribution in [-0.4, -0.2) is 32.0 Å². The Kier molecular flexibility index (Phi) is 5.25. The number of halogens is 1. The number of phenolic OH excluding ortho intramolecular Hbond substituents is 1. The Morgan fingerprint density at radius 2 is 2.11 bits per heavy atom. The molecule has 0 aromatic heterocycles. The first-order chi connectivity index (χ1) is 8.30. The van der Waals surface area contributed by atoms with Crippen molar-refractivity contribution in [3.05, 3.63) is 23.2 Å². The summed E-state index contributed by atoms with van der Waals surface area (Å²) in [7, 11) is -3.49. The lowest BCUT2D eigenvalue weighted by atomic mass is 10.3. The van der Waals surface area contributed by atoms with E-state index in [-0.39, 0.29) is 34.9 Å². The summed E-state index contributed by atoms with van der Waals surface area (Å²) in [5, 5.41) is 9.52. The fourth-order valence-corrected chi connectivity index (χ4v) is 2.22. The van der Waals surface area contributed by atoms with Crippen molar-refractivity contribution in [2.75, 3.05) is 17.1 Å².